The number of hydrogen-bond donors (Lipinski definition) is 3. The topological polar surface area (TPSA) is 84.2 Å². The van der Waals surface area contributed by atoms with Crippen LogP contribution in [0, 0.1) is 11.8 Å². The number of carbonyl (C=O) groups excluding carboxylic acids is 2. The number of nitrogens with one attached hydrogen (secondary N) is 2. The van der Waals surface area contributed by atoms with E-state index in [4.69, 9.17) is 5.73 Å². The summed E-state index contributed by atoms with van der Waals surface area (Å²) in [6.07, 6.45) is 0.482. The quantitative estimate of drug-likeness (QED) is 0.666. The summed E-state index contributed by atoms with van der Waals surface area (Å²) in [6.45, 7) is 6.23. The summed E-state index contributed by atoms with van der Waals surface area (Å²) in [5.41, 5.74) is 8.82. The predicted octanol–water partition coefficient (Wildman–Crippen LogP) is 3.62. The van der Waals surface area contributed by atoms with E-state index in [2.05, 4.69) is 10.6 Å². The van der Waals surface area contributed by atoms with Gasteiger partial charge in [0.1, 0.15) is 0 Å². The van der Waals surface area contributed by atoms with E-state index < -0.39 is 0 Å². The lowest BCUT2D eigenvalue weighted by Crippen LogP contribution is -2.35. The SMILES string of the molecule is CC(C)CC(=O)Nc1cccc(CNC(=O)C(C)C(N)c2ccccc2)c1. The molecule has 0 fully saturated rings. The molecular weight excluding hydrogens is 338 g/mol. The first-order valence-electron chi connectivity index (χ1n) is 9.34. The van der Waals surface area contributed by atoms with Crippen LogP contribution in [-0.2, 0) is 16.1 Å². The maximum atomic E-state index is 12.5. The molecule has 0 aliphatic heterocycles. The molecule has 2 atom stereocenters. The molecule has 0 bridgehead atoms. The van der Waals surface area contributed by atoms with Crippen molar-refractivity contribution in [1.82, 2.24) is 5.32 Å². The molecule has 0 aromatic heterocycles. The second kappa shape index (κ2) is 9.88. The van der Waals surface area contributed by atoms with Crippen LogP contribution in [0.5, 0.6) is 0 Å². The predicted molar refractivity (Wildman–Crippen MR) is 109 cm³/mol. The molecule has 27 heavy (non-hydrogen) atoms. The molecule has 0 saturated carbocycles. The van der Waals surface area contributed by atoms with Gasteiger partial charge >= 0.3 is 0 Å². The Labute approximate surface area is 161 Å². The van der Waals surface area contributed by atoms with Crippen molar-refractivity contribution in [1.29, 1.82) is 0 Å². The minimum atomic E-state index is -0.354. The molecule has 0 saturated heterocycles. The lowest BCUT2D eigenvalue weighted by molar-refractivity contribution is -0.125. The fourth-order valence-electron chi connectivity index (χ4n) is 2.82. The molecule has 0 radical (unpaired) electrons. The molecule has 0 aliphatic rings. The number of benzene rings is 2. The second-order valence-electron chi connectivity index (χ2n) is 7.29. The van der Waals surface area contributed by atoms with E-state index in [1.807, 2.05) is 75.4 Å². The summed E-state index contributed by atoms with van der Waals surface area (Å²) in [5.74, 6) is -0.140. The zero-order valence-electron chi connectivity index (χ0n) is 16.2. The Kier molecular flexibility index (Phi) is 7.55. The van der Waals surface area contributed by atoms with Crippen molar-refractivity contribution in [3.05, 3.63) is 65.7 Å². The molecule has 4 N–H and O–H groups in total. The molecule has 2 aromatic rings. The summed E-state index contributed by atoms with van der Waals surface area (Å²) >= 11 is 0. The number of hydrogen-bond acceptors (Lipinski definition) is 3. The standard InChI is InChI=1S/C22H29N3O2/c1-15(2)12-20(26)25-19-11-7-8-17(13-19)14-24-22(27)16(3)21(23)18-9-5-4-6-10-18/h4-11,13,15-16,21H,12,14,23H2,1-3H3,(H,24,27)(H,25,26). The molecule has 5 heteroatoms. The monoisotopic (exact) mass is 367 g/mol. The summed E-state index contributed by atoms with van der Waals surface area (Å²) in [6, 6.07) is 16.8. The Morgan fingerprint density at radius 1 is 1.00 bits per heavy atom. The molecular formula is C22H29N3O2. The van der Waals surface area contributed by atoms with E-state index >= 15 is 0 Å². The second-order valence-corrected chi connectivity index (χ2v) is 7.29. The molecule has 0 heterocycles. The summed E-state index contributed by atoms with van der Waals surface area (Å²) < 4.78 is 0. The number of rotatable bonds is 8. The van der Waals surface area contributed by atoms with Crippen LogP contribution in [0.15, 0.2) is 54.6 Å². The Morgan fingerprint density at radius 2 is 1.70 bits per heavy atom. The van der Waals surface area contributed by atoms with Crippen LogP contribution in [0.4, 0.5) is 5.69 Å². The average molecular weight is 367 g/mol. The van der Waals surface area contributed by atoms with Gasteiger partial charge < -0.3 is 16.4 Å². The van der Waals surface area contributed by atoms with Gasteiger partial charge in [0.05, 0.1) is 5.92 Å². The molecule has 5 nitrogen and oxygen atoms in total. The first-order chi connectivity index (χ1) is 12.9. The number of carbonyl (C=O) groups is 2. The maximum Gasteiger partial charge on any atom is 0.225 e. The Hall–Kier alpha value is -2.66. The van der Waals surface area contributed by atoms with Crippen molar-refractivity contribution in [3.63, 3.8) is 0 Å². The highest BCUT2D eigenvalue weighted by Gasteiger charge is 2.21. The van der Waals surface area contributed by atoms with Gasteiger partial charge in [-0.15, -0.1) is 0 Å². The van der Waals surface area contributed by atoms with E-state index in [-0.39, 0.29) is 23.8 Å². The molecule has 0 spiro atoms. The average Bonchev–Trinajstić information content (AvgIpc) is 2.65. The molecule has 2 amide bonds. The molecule has 2 aromatic carbocycles. The first-order valence-corrected chi connectivity index (χ1v) is 9.34. The van der Waals surface area contributed by atoms with Gasteiger partial charge in [-0.25, -0.2) is 0 Å². The highest BCUT2D eigenvalue weighted by atomic mass is 16.2. The fourth-order valence-corrected chi connectivity index (χ4v) is 2.82. The largest absolute Gasteiger partial charge is 0.352 e. The third-order valence-electron chi connectivity index (χ3n) is 4.41. The summed E-state index contributed by atoms with van der Waals surface area (Å²) in [7, 11) is 0. The van der Waals surface area contributed by atoms with E-state index in [0.717, 1.165) is 16.8 Å². The van der Waals surface area contributed by atoms with E-state index in [1.165, 1.54) is 0 Å². The highest BCUT2D eigenvalue weighted by Crippen LogP contribution is 2.19. The summed E-state index contributed by atoms with van der Waals surface area (Å²) in [5, 5.41) is 5.82. The van der Waals surface area contributed by atoms with Crippen molar-refractivity contribution in [2.24, 2.45) is 17.6 Å². The van der Waals surface area contributed by atoms with Gasteiger partial charge in [-0.05, 0) is 29.2 Å². The van der Waals surface area contributed by atoms with Gasteiger partial charge in [0.2, 0.25) is 11.8 Å². The third kappa shape index (κ3) is 6.53. The van der Waals surface area contributed by atoms with Gasteiger partial charge in [0.15, 0.2) is 0 Å². The number of amides is 2. The van der Waals surface area contributed by atoms with Crippen LogP contribution in [0.1, 0.15) is 44.4 Å². The van der Waals surface area contributed by atoms with Crippen molar-refractivity contribution >= 4 is 17.5 Å². The van der Waals surface area contributed by atoms with Crippen LogP contribution >= 0.6 is 0 Å². The first kappa shape index (κ1) is 20.6. The van der Waals surface area contributed by atoms with Crippen molar-refractivity contribution < 1.29 is 9.59 Å². The minimum Gasteiger partial charge on any atom is -0.352 e. The van der Waals surface area contributed by atoms with Crippen molar-refractivity contribution in [2.45, 2.75) is 39.8 Å². The van der Waals surface area contributed by atoms with Crippen LogP contribution < -0.4 is 16.4 Å². The van der Waals surface area contributed by atoms with Gasteiger partial charge in [-0.1, -0.05) is 63.2 Å². The molecule has 2 rings (SSSR count). The normalized spacial score (nSPS) is 13.1. The van der Waals surface area contributed by atoms with Crippen molar-refractivity contribution in [3.8, 4) is 0 Å². The third-order valence-corrected chi connectivity index (χ3v) is 4.41. The Morgan fingerprint density at radius 3 is 2.37 bits per heavy atom. The van der Waals surface area contributed by atoms with Gasteiger partial charge in [-0.2, -0.15) is 0 Å². The van der Waals surface area contributed by atoms with E-state index in [9.17, 15) is 9.59 Å². The van der Waals surface area contributed by atoms with Crippen LogP contribution in [0.3, 0.4) is 0 Å². The maximum absolute atomic E-state index is 12.5. The van der Waals surface area contributed by atoms with Crippen LogP contribution in [0.2, 0.25) is 0 Å². The summed E-state index contributed by atoms with van der Waals surface area (Å²) in [4.78, 5) is 24.4. The number of nitrogens with two attached hydrogens (primary N) is 1. The molecule has 144 valence electrons. The van der Waals surface area contributed by atoms with E-state index in [1.54, 1.807) is 0 Å². The van der Waals surface area contributed by atoms with Gasteiger partial charge in [0, 0.05) is 24.7 Å². The van der Waals surface area contributed by atoms with Crippen molar-refractivity contribution in [2.75, 3.05) is 5.32 Å². The van der Waals surface area contributed by atoms with Crippen LogP contribution in [-0.4, -0.2) is 11.8 Å². The lowest BCUT2D eigenvalue weighted by atomic mass is 9.94. The zero-order chi connectivity index (χ0) is 19.8. The fraction of sp³-hybridized carbons (Fsp3) is 0.364. The molecule has 2 unspecified atom stereocenters. The Bertz CT molecular complexity index is 759. The van der Waals surface area contributed by atoms with E-state index in [0.29, 0.717) is 18.9 Å². The van der Waals surface area contributed by atoms with Gasteiger partial charge in [-0.3, -0.25) is 9.59 Å². The van der Waals surface area contributed by atoms with Gasteiger partial charge in [0.25, 0.3) is 0 Å². The smallest absolute Gasteiger partial charge is 0.225 e. The van der Waals surface area contributed by atoms with Crippen LogP contribution in [0.25, 0.3) is 0 Å². The zero-order valence-corrected chi connectivity index (χ0v) is 16.2. The lowest BCUT2D eigenvalue weighted by Gasteiger charge is -2.20. The molecule has 0 aliphatic carbocycles. The highest BCUT2D eigenvalue weighted by molar-refractivity contribution is 5.90. The number of anilines is 1. The minimum absolute atomic E-state index is 0.00589. The Balaban J connectivity index is 1.91.